The molecule has 0 spiro atoms. The molecule has 1 heterocycles. The molecular formula is C33H40N2O3. The number of likely N-dealkylation sites (tertiary alicyclic amines) is 1. The van der Waals surface area contributed by atoms with Gasteiger partial charge in [0.1, 0.15) is 5.60 Å². The van der Waals surface area contributed by atoms with Crippen molar-refractivity contribution in [2.24, 2.45) is 0 Å². The summed E-state index contributed by atoms with van der Waals surface area (Å²) in [6.07, 6.45) is 3.33. The fourth-order valence-electron chi connectivity index (χ4n) is 5.04. The van der Waals surface area contributed by atoms with Crippen molar-refractivity contribution in [3.05, 3.63) is 107 Å². The standard InChI is InChI=1S/C33H40N2O3/c1-24(34-32(37)38-33(2,3)4)28-13-9-14-29(23-28)27-18-20-35(21-19-27)31(36)30-15-8-12-26(22-30)17-16-25-10-6-5-7-11-25/h5-15,22-24,27H,16-21H2,1-4H3,(H,34,37). The normalized spacial score (nSPS) is 15.1. The lowest BCUT2D eigenvalue weighted by Gasteiger charge is -2.32. The van der Waals surface area contributed by atoms with Crippen LogP contribution >= 0.6 is 0 Å². The van der Waals surface area contributed by atoms with Crippen molar-refractivity contribution in [1.29, 1.82) is 0 Å². The molecule has 2 amide bonds. The number of rotatable bonds is 7. The van der Waals surface area contributed by atoms with Gasteiger partial charge < -0.3 is 15.0 Å². The Kier molecular flexibility index (Phi) is 8.88. The maximum absolute atomic E-state index is 13.3. The third-order valence-corrected chi connectivity index (χ3v) is 7.12. The van der Waals surface area contributed by atoms with Crippen LogP contribution < -0.4 is 5.32 Å². The molecule has 4 rings (SSSR count). The number of hydrogen-bond donors (Lipinski definition) is 1. The zero-order valence-electron chi connectivity index (χ0n) is 23.1. The van der Waals surface area contributed by atoms with E-state index < -0.39 is 11.7 Å². The van der Waals surface area contributed by atoms with E-state index in [1.54, 1.807) is 0 Å². The summed E-state index contributed by atoms with van der Waals surface area (Å²) in [6, 6.07) is 26.8. The predicted octanol–water partition coefficient (Wildman–Crippen LogP) is 7.08. The Morgan fingerprint density at radius 1 is 0.895 bits per heavy atom. The average Bonchev–Trinajstić information content (AvgIpc) is 2.91. The third kappa shape index (κ3) is 7.70. The van der Waals surface area contributed by atoms with Crippen LogP contribution in [0.25, 0.3) is 0 Å². The number of ether oxygens (including phenoxy) is 1. The van der Waals surface area contributed by atoms with E-state index in [9.17, 15) is 9.59 Å². The summed E-state index contributed by atoms with van der Waals surface area (Å²) in [6.45, 7) is 9.03. The van der Waals surface area contributed by atoms with Gasteiger partial charge in [-0.05, 0) is 93.7 Å². The first kappa shape index (κ1) is 27.4. The monoisotopic (exact) mass is 512 g/mol. The minimum atomic E-state index is -0.527. The summed E-state index contributed by atoms with van der Waals surface area (Å²) in [4.78, 5) is 27.5. The molecule has 1 atom stereocenters. The second-order valence-electron chi connectivity index (χ2n) is 11.3. The molecule has 38 heavy (non-hydrogen) atoms. The zero-order chi connectivity index (χ0) is 27.1. The van der Waals surface area contributed by atoms with E-state index in [4.69, 9.17) is 4.74 Å². The van der Waals surface area contributed by atoms with E-state index in [1.165, 1.54) is 16.7 Å². The van der Waals surface area contributed by atoms with Crippen molar-refractivity contribution >= 4 is 12.0 Å². The van der Waals surface area contributed by atoms with Crippen molar-refractivity contribution in [2.45, 2.75) is 70.9 Å². The van der Waals surface area contributed by atoms with Crippen LogP contribution in [0.15, 0.2) is 78.9 Å². The molecule has 0 aromatic heterocycles. The molecule has 200 valence electrons. The lowest BCUT2D eigenvalue weighted by Crippen LogP contribution is -2.38. The summed E-state index contributed by atoms with van der Waals surface area (Å²) in [5.41, 5.74) is 5.07. The zero-order valence-corrected chi connectivity index (χ0v) is 23.1. The van der Waals surface area contributed by atoms with Gasteiger partial charge in [-0.2, -0.15) is 0 Å². The lowest BCUT2D eigenvalue weighted by molar-refractivity contribution is 0.0507. The second kappa shape index (κ2) is 12.3. The van der Waals surface area contributed by atoms with E-state index >= 15 is 0 Å². The number of alkyl carbamates (subject to hydrolysis) is 1. The number of nitrogens with one attached hydrogen (secondary N) is 1. The largest absolute Gasteiger partial charge is 0.444 e. The van der Waals surface area contributed by atoms with Gasteiger partial charge in [0.15, 0.2) is 0 Å². The molecule has 3 aromatic carbocycles. The second-order valence-corrected chi connectivity index (χ2v) is 11.3. The highest BCUT2D eigenvalue weighted by Crippen LogP contribution is 2.30. The van der Waals surface area contributed by atoms with Crippen molar-refractivity contribution in [3.8, 4) is 0 Å². The SMILES string of the molecule is CC(NC(=O)OC(C)(C)C)c1cccc(C2CCN(C(=O)c3cccc(CCc4ccccc4)c3)CC2)c1. The number of benzene rings is 3. The van der Waals surface area contributed by atoms with Crippen LogP contribution in [0.5, 0.6) is 0 Å². The highest BCUT2D eigenvalue weighted by Gasteiger charge is 2.25. The summed E-state index contributed by atoms with van der Waals surface area (Å²) in [5.74, 6) is 0.513. The van der Waals surface area contributed by atoms with Crippen molar-refractivity contribution < 1.29 is 14.3 Å². The molecule has 1 aliphatic rings. The van der Waals surface area contributed by atoms with E-state index in [0.717, 1.165) is 49.9 Å². The van der Waals surface area contributed by atoms with Gasteiger partial charge in [-0.3, -0.25) is 4.79 Å². The van der Waals surface area contributed by atoms with Crippen LogP contribution in [0.2, 0.25) is 0 Å². The lowest BCUT2D eigenvalue weighted by atomic mass is 9.87. The minimum Gasteiger partial charge on any atom is -0.444 e. The topological polar surface area (TPSA) is 58.6 Å². The Morgan fingerprint density at radius 3 is 2.26 bits per heavy atom. The molecule has 0 radical (unpaired) electrons. The van der Waals surface area contributed by atoms with E-state index in [0.29, 0.717) is 5.92 Å². The molecule has 1 aliphatic heterocycles. The van der Waals surface area contributed by atoms with Gasteiger partial charge in [-0.1, -0.05) is 66.7 Å². The van der Waals surface area contributed by atoms with Gasteiger partial charge in [0, 0.05) is 18.7 Å². The Balaban J connectivity index is 1.32. The van der Waals surface area contributed by atoms with Crippen molar-refractivity contribution in [2.75, 3.05) is 13.1 Å². The van der Waals surface area contributed by atoms with Crippen LogP contribution in [-0.2, 0) is 17.6 Å². The number of aryl methyl sites for hydroxylation is 2. The molecular weight excluding hydrogens is 472 g/mol. The summed E-state index contributed by atoms with van der Waals surface area (Å²) in [5, 5.41) is 2.93. The van der Waals surface area contributed by atoms with E-state index in [2.05, 4.69) is 59.9 Å². The van der Waals surface area contributed by atoms with Gasteiger partial charge in [0.2, 0.25) is 0 Å². The summed E-state index contributed by atoms with van der Waals surface area (Å²) < 4.78 is 5.40. The van der Waals surface area contributed by atoms with Crippen molar-refractivity contribution in [1.82, 2.24) is 10.2 Å². The Hall–Kier alpha value is -3.60. The Bertz CT molecular complexity index is 1220. The van der Waals surface area contributed by atoms with Gasteiger partial charge >= 0.3 is 6.09 Å². The molecule has 1 N–H and O–H groups in total. The number of hydrogen-bond acceptors (Lipinski definition) is 3. The first-order valence-corrected chi connectivity index (χ1v) is 13.7. The molecule has 1 saturated heterocycles. The molecule has 1 unspecified atom stereocenters. The summed E-state index contributed by atoms with van der Waals surface area (Å²) >= 11 is 0. The fourth-order valence-corrected chi connectivity index (χ4v) is 5.04. The van der Waals surface area contributed by atoms with Crippen LogP contribution in [0, 0.1) is 0 Å². The number of piperidine rings is 1. The Morgan fingerprint density at radius 2 is 1.55 bits per heavy atom. The maximum Gasteiger partial charge on any atom is 0.408 e. The summed E-state index contributed by atoms with van der Waals surface area (Å²) in [7, 11) is 0. The van der Waals surface area contributed by atoms with Gasteiger partial charge in [0.25, 0.3) is 5.91 Å². The molecule has 5 nitrogen and oxygen atoms in total. The van der Waals surface area contributed by atoms with Crippen LogP contribution in [0.3, 0.4) is 0 Å². The van der Waals surface area contributed by atoms with Gasteiger partial charge in [-0.15, -0.1) is 0 Å². The molecule has 1 fully saturated rings. The fraction of sp³-hybridized carbons (Fsp3) is 0.394. The molecule has 3 aromatic rings. The Labute approximate surface area is 227 Å². The molecule has 5 heteroatoms. The number of nitrogens with zero attached hydrogens (tertiary/aromatic N) is 1. The highest BCUT2D eigenvalue weighted by molar-refractivity contribution is 5.94. The number of amides is 2. The molecule has 0 saturated carbocycles. The average molecular weight is 513 g/mol. The smallest absolute Gasteiger partial charge is 0.408 e. The van der Waals surface area contributed by atoms with Crippen LogP contribution in [0.1, 0.15) is 85.1 Å². The third-order valence-electron chi connectivity index (χ3n) is 7.12. The number of carbonyl (C=O) groups excluding carboxylic acids is 2. The molecule has 0 bridgehead atoms. The highest BCUT2D eigenvalue weighted by atomic mass is 16.6. The van der Waals surface area contributed by atoms with E-state index in [-0.39, 0.29) is 11.9 Å². The first-order chi connectivity index (χ1) is 18.2. The molecule has 0 aliphatic carbocycles. The predicted molar refractivity (Wildman–Crippen MR) is 152 cm³/mol. The van der Waals surface area contributed by atoms with Crippen molar-refractivity contribution in [3.63, 3.8) is 0 Å². The number of carbonyl (C=O) groups is 2. The maximum atomic E-state index is 13.3. The van der Waals surface area contributed by atoms with Crippen LogP contribution in [-0.4, -0.2) is 35.6 Å². The minimum absolute atomic E-state index is 0.119. The van der Waals surface area contributed by atoms with Crippen LogP contribution in [0.4, 0.5) is 4.79 Å². The first-order valence-electron chi connectivity index (χ1n) is 13.7. The van der Waals surface area contributed by atoms with Gasteiger partial charge in [-0.25, -0.2) is 4.79 Å². The quantitative estimate of drug-likeness (QED) is 0.368. The van der Waals surface area contributed by atoms with E-state index in [1.807, 2.05) is 56.9 Å². The van der Waals surface area contributed by atoms with Gasteiger partial charge in [0.05, 0.1) is 6.04 Å².